The van der Waals surface area contributed by atoms with Crippen LogP contribution in [0.1, 0.15) is 28.4 Å². The van der Waals surface area contributed by atoms with Crippen LogP contribution in [0.3, 0.4) is 0 Å². The highest BCUT2D eigenvalue weighted by Crippen LogP contribution is 2.48. The Hall–Kier alpha value is -3.21. The molecule has 1 aliphatic heterocycles. The Morgan fingerprint density at radius 3 is 2.72 bits per heavy atom. The minimum absolute atomic E-state index is 0.0223. The molecule has 0 fully saturated rings. The van der Waals surface area contributed by atoms with E-state index in [9.17, 15) is 22.8 Å². The maximum absolute atomic E-state index is 14.5. The fraction of sp³-hybridized carbons (Fsp3) is 0.176. The second-order valence-electron chi connectivity index (χ2n) is 5.47. The molecule has 0 saturated heterocycles. The molecule has 0 aliphatic carbocycles. The highest BCUT2D eigenvalue weighted by Gasteiger charge is 2.55. The summed E-state index contributed by atoms with van der Waals surface area (Å²) >= 11 is 0. The lowest BCUT2D eigenvalue weighted by molar-refractivity contribution is -0.141. The van der Waals surface area contributed by atoms with E-state index < -0.39 is 40.2 Å². The second-order valence-corrected chi connectivity index (χ2v) is 5.47. The number of aromatic nitrogens is 1. The first-order valence-electron chi connectivity index (χ1n) is 7.13. The number of nitrogens with zero attached hydrogens (tertiary/aromatic N) is 3. The third kappa shape index (κ3) is 2.54. The van der Waals surface area contributed by atoms with Crippen LogP contribution in [0.4, 0.5) is 24.7 Å². The van der Waals surface area contributed by atoms with Crippen molar-refractivity contribution in [2.45, 2.75) is 19.4 Å². The molecule has 3 rings (SSSR count). The molecule has 0 atom stereocenters. The van der Waals surface area contributed by atoms with Gasteiger partial charge >= 0.3 is 11.8 Å². The molecule has 5 nitrogen and oxygen atoms in total. The van der Waals surface area contributed by atoms with E-state index in [2.05, 4.69) is 9.83 Å². The van der Waals surface area contributed by atoms with Crippen LogP contribution in [-0.4, -0.2) is 16.7 Å². The van der Waals surface area contributed by atoms with E-state index in [1.54, 1.807) is 0 Å². The summed E-state index contributed by atoms with van der Waals surface area (Å²) in [6.07, 6.45) is 1.30. The Bertz CT molecular complexity index is 951. The topological polar surface area (TPSA) is 54.6 Å². The van der Waals surface area contributed by atoms with Crippen molar-refractivity contribution < 1.29 is 22.8 Å². The van der Waals surface area contributed by atoms with Gasteiger partial charge in [0.05, 0.1) is 17.8 Å². The fourth-order valence-electron chi connectivity index (χ4n) is 2.77. The van der Waals surface area contributed by atoms with E-state index in [0.717, 1.165) is 19.1 Å². The smallest absolute Gasteiger partial charge is 0.353 e. The van der Waals surface area contributed by atoms with Crippen LogP contribution in [0, 0.1) is 12.4 Å². The van der Waals surface area contributed by atoms with Crippen molar-refractivity contribution >= 4 is 23.2 Å². The first-order valence-corrected chi connectivity index (χ1v) is 7.13. The normalized spacial score (nSPS) is 15.0. The maximum atomic E-state index is 14.5. The number of carbonyl (C=O) groups excluding carboxylic acids is 2. The summed E-state index contributed by atoms with van der Waals surface area (Å²) in [5.41, 5.74) is -1.58. The van der Waals surface area contributed by atoms with Crippen LogP contribution < -0.4 is 4.90 Å². The number of rotatable bonds is 3. The molecule has 0 spiro atoms. The Kier molecular flexibility index (Phi) is 3.80. The number of hydrogen-bond acceptors (Lipinski definition) is 3. The van der Waals surface area contributed by atoms with Gasteiger partial charge in [-0.3, -0.25) is 14.5 Å². The molecule has 1 aromatic carbocycles. The van der Waals surface area contributed by atoms with Crippen LogP contribution in [0.25, 0.3) is 4.85 Å². The van der Waals surface area contributed by atoms with Gasteiger partial charge in [0, 0.05) is 5.56 Å². The van der Waals surface area contributed by atoms with E-state index in [4.69, 9.17) is 6.57 Å². The zero-order chi connectivity index (χ0) is 18.4. The monoisotopic (exact) mass is 345 g/mol. The number of fused-ring (bicyclic) bond motifs is 1. The van der Waals surface area contributed by atoms with Crippen LogP contribution >= 0.6 is 0 Å². The van der Waals surface area contributed by atoms with E-state index in [1.165, 1.54) is 18.3 Å². The summed E-state index contributed by atoms with van der Waals surface area (Å²) in [4.78, 5) is 31.3. The lowest BCUT2D eigenvalue weighted by atomic mass is 9.99. The summed E-state index contributed by atoms with van der Waals surface area (Å²) in [5.74, 6) is -7.31. The summed E-state index contributed by atoms with van der Waals surface area (Å²) < 4.78 is 43.2. The van der Waals surface area contributed by atoms with Gasteiger partial charge < -0.3 is 4.85 Å². The molecule has 2 aromatic rings. The van der Waals surface area contributed by atoms with Crippen molar-refractivity contribution in [1.82, 2.24) is 4.98 Å². The number of benzene rings is 1. The Morgan fingerprint density at radius 2 is 2.08 bits per heavy atom. The third-order valence-corrected chi connectivity index (χ3v) is 3.87. The molecular weight excluding hydrogens is 335 g/mol. The molecule has 1 aliphatic rings. The standard InChI is InChI=1S/C17H10F3N3O2/c1-9(24)11-3-4-12(18)15-14(11)17(19,20)16(25)23(15)8-10-5-6-22-13(7-10)21-2/h3-7H,8H2,1H3. The number of amides is 1. The molecule has 1 amide bonds. The molecule has 0 unspecified atom stereocenters. The largest absolute Gasteiger partial charge is 0.361 e. The van der Waals surface area contributed by atoms with Gasteiger partial charge in [-0.1, -0.05) is 6.57 Å². The van der Waals surface area contributed by atoms with Gasteiger partial charge in [-0.05, 0) is 36.8 Å². The van der Waals surface area contributed by atoms with Crippen molar-refractivity contribution in [3.63, 3.8) is 0 Å². The highest BCUT2D eigenvalue weighted by atomic mass is 19.3. The predicted octanol–water partition coefficient (Wildman–Crippen LogP) is 3.61. The molecule has 0 saturated carbocycles. The number of ketones is 1. The number of Topliss-reactive ketones (excluding diaryl/α,β-unsaturated/α-hetero) is 1. The predicted molar refractivity (Wildman–Crippen MR) is 82.0 cm³/mol. The average Bonchev–Trinajstić information content (AvgIpc) is 2.77. The van der Waals surface area contributed by atoms with Crippen LogP contribution in [0.2, 0.25) is 0 Å². The molecule has 8 heteroatoms. The Morgan fingerprint density at radius 1 is 1.36 bits per heavy atom. The van der Waals surface area contributed by atoms with Gasteiger partial charge in [-0.15, -0.1) is 4.98 Å². The summed E-state index contributed by atoms with van der Waals surface area (Å²) in [6, 6.07) is 4.59. The number of anilines is 1. The van der Waals surface area contributed by atoms with Gasteiger partial charge in [0.25, 0.3) is 5.82 Å². The highest BCUT2D eigenvalue weighted by molar-refractivity contribution is 6.10. The van der Waals surface area contributed by atoms with Crippen molar-refractivity contribution in [1.29, 1.82) is 0 Å². The van der Waals surface area contributed by atoms with E-state index >= 15 is 0 Å². The summed E-state index contributed by atoms with van der Waals surface area (Å²) in [5, 5.41) is 0. The SMILES string of the molecule is [C-]#[N+]c1cc(CN2C(=O)C(F)(F)c3c(C(C)=O)ccc(F)c32)ccn1. The number of halogens is 3. The van der Waals surface area contributed by atoms with E-state index in [0.29, 0.717) is 10.5 Å². The summed E-state index contributed by atoms with van der Waals surface area (Å²) in [7, 11) is 0. The van der Waals surface area contributed by atoms with Gasteiger partial charge in [0.15, 0.2) is 5.78 Å². The molecule has 0 bridgehead atoms. The van der Waals surface area contributed by atoms with Crippen molar-refractivity contribution in [2.24, 2.45) is 0 Å². The van der Waals surface area contributed by atoms with E-state index in [1.807, 2.05) is 0 Å². The molecular formula is C17H10F3N3O2. The Labute approximate surface area is 140 Å². The lowest BCUT2D eigenvalue weighted by Crippen LogP contribution is -2.34. The third-order valence-electron chi connectivity index (χ3n) is 3.87. The maximum Gasteiger partial charge on any atom is 0.353 e. The first kappa shape index (κ1) is 16.6. The average molecular weight is 345 g/mol. The number of alkyl halides is 2. The number of carbonyl (C=O) groups is 2. The zero-order valence-electron chi connectivity index (χ0n) is 12.9. The molecule has 2 heterocycles. The minimum atomic E-state index is -4.01. The molecule has 25 heavy (non-hydrogen) atoms. The first-order chi connectivity index (χ1) is 11.8. The van der Waals surface area contributed by atoms with Gasteiger partial charge in [0.2, 0.25) is 0 Å². The van der Waals surface area contributed by atoms with E-state index in [-0.39, 0.29) is 12.4 Å². The molecule has 1 aromatic heterocycles. The van der Waals surface area contributed by atoms with Gasteiger partial charge in [-0.25, -0.2) is 4.39 Å². The van der Waals surface area contributed by atoms with Crippen LogP contribution in [0.5, 0.6) is 0 Å². The van der Waals surface area contributed by atoms with Crippen molar-refractivity contribution in [3.8, 4) is 0 Å². The lowest BCUT2D eigenvalue weighted by Gasteiger charge is -2.18. The van der Waals surface area contributed by atoms with Crippen LogP contribution in [-0.2, 0) is 17.3 Å². The molecule has 0 N–H and O–H groups in total. The minimum Gasteiger partial charge on any atom is -0.361 e. The Balaban J connectivity index is 2.15. The summed E-state index contributed by atoms with van der Waals surface area (Å²) in [6.45, 7) is 7.62. The molecule has 0 radical (unpaired) electrons. The fourth-order valence-corrected chi connectivity index (χ4v) is 2.77. The zero-order valence-corrected chi connectivity index (χ0v) is 12.9. The molecule has 126 valence electrons. The number of pyridine rings is 1. The van der Waals surface area contributed by atoms with Crippen LogP contribution in [0.15, 0.2) is 30.5 Å². The van der Waals surface area contributed by atoms with Crippen molar-refractivity contribution in [3.05, 3.63) is 64.4 Å². The van der Waals surface area contributed by atoms with Crippen molar-refractivity contribution in [2.75, 3.05) is 4.90 Å². The van der Waals surface area contributed by atoms with Gasteiger partial charge in [-0.2, -0.15) is 8.78 Å². The van der Waals surface area contributed by atoms with Gasteiger partial charge in [0.1, 0.15) is 12.0 Å². The number of hydrogen-bond donors (Lipinski definition) is 0. The quantitative estimate of drug-likeness (QED) is 0.631. The second kappa shape index (κ2) is 5.70.